The molecule has 11 nitrogen and oxygen atoms in total. The van der Waals surface area contributed by atoms with Crippen LogP contribution in [0.1, 0.15) is 28.9 Å². The number of nitrogens with one attached hydrogen (secondary N) is 3. The fraction of sp³-hybridized carbons (Fsp3) is 0.107. The maximum absolute atomic E-state index is 13.7. The van der Waals surface area contributed by atoms with Gasteiger partial charge in [-0.3, -0.25) is 19.7 Å². The first-order valence-electron chi connectivity index (χ1n) is 12.1. The molecular weight excluding hydrogens is 519 g/mol. The molecule has 202 valence electrons. The molecule has 2 amide bonds. The molecule has 2 heterocycles. The topological polar surface area (TPSA) is 140 Å². The molecule has 1 atom stereocenters. The summed E-state index contributed by atoms with van der Waals surface area (Å²) in [7, 11) is 1.49. The number of nitro benzene ring substituents is 1. The molecule has 3 aromatic carbocycles. The number of rotatable bonds is 7. The number of para-hydroxylation sites is 2. The molecule has 0 radical (unpaired) electrons. The largest absolute Gasteiger partial charge is 0.495 e. The van der Waals surface area contributed by atoms with Gasteiger partial charge in [0.25, 0.3) is 17.5 Å². The van der Waals surface area contributed by atoms with Crippen LogP contribution in [0.4, 0.5) is 27.3 Å². The van der Waals surface area contributed by atoms with Crippen molar-refractivity contribution in [3.63, 3.8) is 0 Å². The minimum atomic E-state index is -0.834. The molecule has 1 unspecified atom stereocenters. The molecule has 1 aliphatic heterocycles. The third-order valence-electron chi connectivity index (χ3n) is 6.39. The number of methoxy groups -OCH3 is 1. The van der Waals surface area contributed by atoms with E-state index in [1.165, 1.54) is 54.4 Å². The van der Waals surface area contributed by atoms with Crippen molar-refractivity contribution in [2.45, 2.75) is 13.0 Å². The summed E-state index contributed by atoms with van der Waals surface area (Å²) in [5.74, 6) is -0.624. The van der Waals surface area contributed by atoms with Crippen molar-refractivity contribution in [2.24, 2.45) is 0 Å². The van der Waals surface area contributed by atoms with Gasteiger partial charge in [-0.1, -0.05) is 12.1 Å². The molecule has 0 aliphatic carbocycles. The first kappa shape index (κ1) is 26.1. The number of anilines is 3. The van der Waals surface area contributed by atoms with Crippen molar-refractivity contribution in [2.75, 3.05) is 23.1 Å². The van der Waals surface area contributed by atoms with Crippen LogP contribution in [-0.2, 0) is 4.79 Å². The summed E-state index contributed by atoms with van der Waals surface area (Å²) < 4.78 is 20.1. The van der Waals surface area contributed by atoms with Gasteiger partial charge in [0.05, 0.1) is 29.5 Å². The number of amides is 2. The van der Waals surface area contributed by atoms with E-state index in [4.69, 9.17) is 4.74 Å². The highest BCUT2D eigenvalue weighted by atomic mass is 19.1. The fourth-order valence-corrected chi connectivity index (χ4v) is 4.47. The van der Waals surface area contributed by atoms with Crippen molar-refractivity contribution >= 4 is 34.7 Å². The van der Waals surface area contributed by atoms with Crippen molar-refractivity contribution in [3.05, 3.63) is 117 Å². The Morgan fingerprint density at radius 3 is 2.40 bits per heavy atom. The van der Waals surface area contributed by atoms with Crippen molar-refractivity contribution in [3.8, 4) is 5.75 Å². The second-order valence-corrected chi connectivity index (χ2v) is 8.88. The molecule has 0 fully saturated rings. The van der Waals surface area contributed by atoms with Gasteiger partial charge in [-0.15, -0.1) is 0 Å². The molecule has 0 saturated carbocycles. The lowest BCUT2D eigenvalue weighted by Gasteiger charge is -2.30. The van der Waals surface area contributed by atoms with Gasteiger partial charge in [-0.2, -0.15) is 5.10 Å². The quantitative estimate of drug-likeness (QED) is 0.217. The van der Waals surface area contributed by atoms with E-state index in [0.717, 1.165) is 0 Å². The highest BCUT2D eigenvalue weighted by Crippen LogP contribution is 2.39. The smallest absolute Gasteiger partial charge is 0.269 e. The minimum Gasteiger partial charge on any atom is -0.495 e. The average Bonchev–Trinajstić information content (AvgIpc) is 3.37. The van der Waals surface area contributed by atoms with Crippen molar-refractivity contribution in [1.29, 1.82) is 0 Å². The van der Waals surface area contributed by atoms with E-state index >= 15 is 0 Å². The number of hydrogen-bond donors (Lipinski definition) is 3. The Morgan fingerprint density at radius 2 is 1.73 bits per heavy atom. The van der Waals surface area contributed by atoms with Gasteiger partial charge in [0.1, 0.15) is 29.0 Å². The number of non-ortho nitro benzene ring substituents is 1. The molecule has 12 heteroatoms. The number of allylic oxidation sites excluding steroid dienone is 1. The third kappa shape index (κ3) is 4.97. The zero-order chi connectivity index (χ0) is 28.4. The molecule has 0 saturated heterocycles. The van der Waals surface area contributed by atoms with Crippen LogP contribution in [0.25, 0.3) is 0 Å². The van der Waals surface area contributed by atoms with Gasteiger partial charge < -0.3 is 20.7 Å². The summed E-state index contributed by atoms with van der Waals surface area (Å²) in [6, 6.07) is 17.2. The van der Waals surface area contributed by atoms with Gasteiger partial charge >= 0.3 is 0 Å². The van der Waals surface area contributed by atoms with Crippen molar-refractivity contribution < 1.29 is 23.6 Å². The third-order valence-corrected chi connectivity index (χ3v) is 6.39. The van der Waals surface area contributed by atoms with Crippen LogP contribution in [-0.4, -0.2) is 33.6 Å². The van der Waals surface area contributed by atoms with Crippen LogP contribution in [0.15, 0.2) is 90.3 Å². The Bertz CT molecular complexity index is 1650. The molecule has 40 heavy (non-hydrogen) atoms. The molecule has 1 aliphatic rings. The lowest BCUT2D eigenvalue weighted by Crippen LogP contribution is -2.32. The second kappa shape index (κ2) is 10.7. The predicted octanol–water partition coefficient (Wildman–Crippen LogP) is 5.12. The number of carbonyl (C=O) groups is 2. The number of benzene rings is 3. The normalized spacial score (nSPS) is 14.1. The van der Waals surface area contributed by atoms with Crippen molar-refractivity contribution in [1.82, 2.24) is 9.78 Å². The van der Waals surface area contributed by atoms with Gasteiger partial charge in [-0.05, 0) is 61.0 Å². The zero-order valence-electron chi connectivity index (χ0n) is 21.3. The molecule has 0 spiro atoms. The summed E-state index contributed by atoms with van der Waals surface area (Å²) in [5, 5.41) is 24.4. The first-order chi connectivity index (χ1) is 19.3. The van der Waals surface area contributed by atoms with E-state index in [0.29, 0.717) is 34.2 Å². The Morgan fingerprint density at radius 1 is 1.02 bits per heavy atom. The number of aromatic nitrogens is 2. The highest BCUT2D eigenvalue weighted by Gasteiger charge is 2.35. The Labute approximate surface area is 227 Å². The summed E-state index contributed by atoms with van der Waals surface area (Å²) in [6.45, 7) is 1.69. The number of ether oxygens (including phenoxy) is 1. The molecule has 5 rings (SSSR count). The van der Waals surface area contributed by atoms with Crippen LogP contribution in [0.3, 0.4) is 0 Å². The molecule has 3 N–H and O–H groups in total. The summed E-state index contributed by atoms with van der Waals surface area (Å²) >= 11 is 0. The van der Waals surface area contributed by atoms with E-state index in [1.54, 1.807) is 43.3 Å². The molecule has 1 aromatic heterocycles. The first-order valence-corrected chi connectivity index (χ1v) is 12.1. The van der Waals surface area contributed by atoms with Crippen LogP contribution >= 0.6 is 0 Å². The SMILES string of the molecule is COc1ccccc1NC(=O)C1=C(C)Nc2c(C(=O)Nc3ccc(F)cc3)cnn2C1c1ccc([N+](=O)[O-])cc1. The lowest BCUT2D eigenvalue weighted by atomic mass is 9.94. The summed E-state index contributed by atoms with van der Waals surface area (Å²) in [4.78, 5) is 37.6. The summed E-state index contributed by atoms with van der Waals surface area (Å²) in [5.41, 5.74) is 2.16. The highest BCUT2D eigenvalue weighted by molar-refractivity contribution is 6.09. The monoisotopic (exact) mass is 542 g/mol. The number of carbonyl (C=O) groups excluding carboxylic acids is 2. The number of hydrogen-bond acceptors (Lipinski definition) is 7. The number of halogens is 1. The van der Waals surface area contributed by atoms with Gasteiger partial charge in [0, 0.05) is 23.5 Å². The number of nitrogens with zero attached hydrogens (tertiary/aromatic N) is 3. The second-order valence-electron chi connectivity index (χ2n) is 8.88. The van der Waals surface area contributed by atoms with Crippen LogP contribution in [0.2, 0.25) is 0 Å². The maximum atomic E-state index is 13.7. The Balaban J connectivity index is 1.55. The summed E-state index contributed by atoms with van der Waals surface area (Å²) in [6.07, 6.45) is 1.36. The zero-order valence-corrected chi connectivity index (χ0v) is 21.3. The van der Waals surface area contributed by atoms with Crippen LogP contribution in [0, 0.1) is 15.9 Å². The lowest BCUT2D eigenvalue weighted by molar-refractivity contribution is -0.384. The van der Waals surface area contributed by atoms with Crippen LogP contribution < -0.4 is 20.7 Å². The van der Waals surface area contributed by atoms with Gasteiger partial charge in [-0.25, -0.2) is 9.07 Å². The van der Waals surface area contributed by atoms with E-state index in [1.807, 2.05) is 0 Å². The standard InChI is InChI=1S/C28H23FN6O5/c1-16-24(28(37)33-22-5-3-4-6-23(22)40-2)25(17-7-13-20(14-8-17)35(38)39)34-26(31-16)21(15-30-34)27(36)32-19-11-9-18(29)10-12-19/h3-15,25,31H,1-2H3,(H,32,36)(H,33,37). The number of fused-ring (bicyclic) bond motifs is 1. The molecule has 4 aromatic rings. The van der Waals surface area contributed by atoms with E-state index in [9.17, 15) is 24.1 Å². The Kier molecular flexibility index (Phi) is 6.98. The van der Waals surface area contributed by atoms with Crippen LogP contribution in [0.5, 0.6) is 5.75 Å². The fourth-order valence-electron chi connectivity index (χ4n) is 4.47. The van der Waals surface area contributed by atoms with E-state index in [-0.39, 0.29) is 16.8 Å². The minimum absolute atomic E-state index is 0.113. The molecule has 0 bridgehead atoms. The average molecular weight is 543 g/mol. The predicted molar refractivity (Wildman–Crippen MR) is 146 cm³/mol. The van der Waals surface area contributed by atoms with E-state index in [2.05, 4.69) is 21.0 Å². The Hall–Kier alpha value is -5.52. The van der Waals surface area contributed by atoms with Gasteiger partial charge in [0.2, 0.25) is 0 Å². The molecular formula is C28H23FN6O5. The maximum Gasteiger partial charge on any atom is 0.269 e. The van der Waals surface area contributed by atoms with E-state index < -0.39 is 28.6 Å². The number of nitro groups is 1. The van der Waals surface area contributed by atoms with Gasteiger partial charge in [0.15, 0.2) is 0 Å².